The number of rotatable bonds is 1. The van der Waals surface area contributed by atoms with Crippen LogP contribution in [0.1, 0.15) is 0 Å². The van der Waals surface area contributed by atoms with Crippen molar-refractivity contribution in [2.24, 2.45) is 0 Å². The summed E-state index contributed by atoms with van der Waals surface area (Å²) in [6.07, 6.45) is 0. The van der Waals surface area contributed by atoms with Crippen molar-refractivity contribution in [2.45, 2.75) is 0 Å². The van der Waals surface area contributed by atoms with Gasteiger partial charge in [0.05, 0.1) is 0 Å². The summed E-state index contributed by atoms with van der Waals surface area (Å²) in [4.78, 5) is 0. The smallest absolute Gasteiger partial charge is 0.163 e. The van der Waals surface area contributed by atoms with Crippen LogP contribution in [0.4, 0.5) is 5.69 Å². The lowest BCUT2D eigenvalue weighted by molar-refractivity contribution is 0.171. The summed E-state index contributed by atoms with van der Waals surface area (Å²) in [5, 5.41) is 2.91. The highest BCUT2D eigenvalue weighted by Crippen LogP contribution is 2.32. The van der Waals surface area contributed by atoms with Crippen molar-refractivity contribution in [1.29, 1.82) is 0 Å². The van der Waals surface area contributed by atoms with Gasteiger partial charge in [0.25, 0.3) is 0 Å². The molecule has 0 spiro atoms. The van der Waals surface area contributed by atoms with E-state index in [-0.39, 0.29) is 0 Å². The Morgan fingerprint density at radius 1 is 1.29 bits per heavy atom. The summed E-state index contributed by atoms with van der Waals surface area (Å²) in [6, 6.07) is 5.57. The van der Waals surface area contributed by atoms with Gasteiger partial charge in [-0.05, 0) is 12.1 Å². The van der Waals surface area contributed by atoms with Crippen LogP contribution in [0.3, 0.4) is 0 Å². The molecule has 0 saturated heterocycles. The fraction of sp³-hybridized carbons (Fsp3) is 0.222. The number of benzene rings is 1. The highest BCUT2D eigenvalue weighted by molar-refractivity contribution is 8.11. The maximum Gasteiger partial charge on any atom is 0.163 e. The Kier molecular flexibility index (Phi) is 2.79. The number of thiol groups is 1. The van der Waals surface area contributed by atoms with Crippen molar-refractivity contribution in [3.05, 3.63) is 18.2 Å². The minimum Gasteiger partial charge on any atom is -0.486 e. The molecule has 5 heteroatoms. The molecule has 3 nitrogen and oxygen atoms in total. The van der Waals surface area contributed by atoms with Crippen LogP contribution in [0.2, 0.25) is 0 Å². The zero-order chi connectivity index (χ0) is 9.97. The topological polar surface area (TPSA) is 30.5 Å². The van der Waals surface area contributed by atoms with Gasteiger partial charge in [-0.15, -0.1) is 12.6 Å². The summed E-state index contributed by atoms with van der Waals surface area (Å²) in [5.41, 5.74) is 0.856. The lowest BCUT2D eigenvalue weighted by atomic mass is 10.2. The van der Waals surface area contributed by atoms with Crippen LogP contribution in [-0.2, 0) is 0 Å². The first-order valence-corrected chi connectivity index (χ1v) is 5.01. The summed E-state index contributed by atoms with van der Waals surface area (Å²) in [7, 11) is 0. The van der Waals surface area contributed by atoms with Crippen LogP contribution in [-0.4, -0.2) is 17.5 Å². The quantitative estimate of drug-likeness (QED) is 0.568. The molecule has 0 aliphatic carbocycles. The maximum atomic E-state index is 5.41. The van der Waals surface area contributed by atoms with Gasteiger partial charge in [0.15, 0.2) is 11.5 Å². The zero-order valence-corrected chi connectivity index (χ0v) is 9.03. The minimum atomic E-state index is 0.432. The van der Waals surface area contributed by atoms with Gasteiger partial charge in [0.1, 0.15) is 17.5 Å². The average molecular weight is 227 g/mol. The van der Waals surface area contributed by atoms with E-state index in [0.717, 1.165) is 17.2 Å². The molecule has 74 valence electrons. The molecule has 1 aliphatic rings. The molecule has 0 aromatic heterocycles. The monoisotopic (exact) mass is 227 g/mol. The van der Waals surface area contributed by atoms with Gasteiger partial charge in [0, 0.05) is 11.8 Å². The molecule has 1 heterocycles. The third kappa shape index (κ3) is 2.10. The van der Waals surface area contributed by atoms with E-state index in [0.29, 0.717) is 17.5 Å². The van der Waals surface area contributed by atoms with Gasteiger partial charge in [-0.2, -0.15) is 0 Å². The van der Waals surface area contributed by atoms with Crippen LogP contribution in [0, 0.1) is 0 Å². The average Bonchev–Trinajstić information content (AvgIpc) is 2.17. The fourth-order valence-corrected chi connectivity index (χ4v) is 1.49. The minimum absolute atomic E-state index is 0.432. The van der Waals surface area contributed by atoms with Gasteiger partial charge in [-0.3, -0.25) is 0 Å². The molecule has 0 fully saturated rings. The first-order valence-electron chi connectivity index (χ1n) is 4.15. The summed E-state index contributed by atoms with van der Waals surface area (Å²) >= 11 is 8.80. The van der Waals surface area contributed by atoms with E-state index in [1.807, 2.05) is 18.2 Å². The molecule has 0 unspecified atom stereocenters. The molecule has 14 heavy (non-hydrogen) atoms. The zero-order valence-electron chi connectivity index (χ0n) is 7.32. The van der Waals surface area contributed by atoms with Gasteiger partial charge in [0.2, 0.25) is 0 Å². The first-order chi connectivity index (χ1) is 6.75. The second-order valence-corrected chi connectivity index (χ2v) is 3.95. The molecule has 0 saturated carbocycles. The maximum absolute atomic E-state index is 5.41. The van der Waals surface area contributed by atoms with Crippen LogP contribution < -0.4 is 14.8 Å². The summed E-state index contributed by atoms with van der Waals surface area (Å²) in [6.45, 7) is 1.19. The number of anilines is 1. The second kappa shape index (κ2) is 4.06. The first kappa shape index (κ1) is 9.61. The molecule has 1 aromatic rings. The molecule has 0 radical (unpaired) electrons. The fourth-order valence-electron chi connectivity index (χ4n) is 1.24. The Labute approximate surface area is 92.8 Å². The van der Waals surface area contributed by atoms with E-state index in [1.54, 1.807) is 0 Å². The molecule has 0 amide bonds. The Balaban J connectivity index is 2.24. The highest BCUT2D eigenvalue weighted by Gasteiger charge is 2.11. The number of thiocarbonyl (C=S) groups is 1. The molecule has 1 aliphatic heterocycles. The normalized spacial score (nSPS) is 13.5. The van der Waals surface area contributed by atoms with Crippen LogP contribution in [0.15, 0.2) is 18.2 Å². The molecule has 2 rings (SSSR count). The number of ether oxygens (including phenoxy) is 2. The number of nitrogens with one attached hydrogen (secondary N) is 1. The van der Waals surface area contributed by atoms with Gasteiger partial charge >= 0.3 is 0 Å². The second-order valence-electron chi connectivity index (χ2n) is 2.79. The van der Waals surface area contributed by atoms with Crippen molar-refractivity contribution in [3.63, 3.8) is 0 Å². The largest absolute Gasteiger partial charge is 0.486 e. The van der Waals surface area contributed by atoms with Gasteiger partial charge in [-0.25, -0.2) is 0 Å². The Morgan fingerprint density at radius 2 is 2.00 bits per heavy atom. The molecular formula is C9H9NO2S2. The van der Waals surface area contributed by atoms with Crippen LogP contribution in [0.25, 0.3) is 0 Å². The van der Waals surface area contributed by atoms with Crippen molar-refractivity contribution in [1.82, 2.24) is 0 Å². The third-order valence-electron chi connectivity index (χ3n) is 1.79. The van der Waals surface area contributed by atoms with Crippen molar-refractivity contribution in [2.75, 3.05) is 18.5 Å². The SMILES string of the molecule is S=C(S)Nc1ccc2c(c1)OCCO2. The van der Waals surface area contributed by atoms with Crippen molar-refractivity contribution in [3.8, 4) is 11.5 Å². The molecule has 0 atom stereocenters. The van der Waals surface area contributed by atoms with E-state index in [2.05, 4.69) is 17.9 Å². The van der Waals surface area contributed by atoms with Crippen molar-refractivity contribution >= 4 is 34.9 Å². The van der Waals surface area contributed by atoms with E-state index in [4.69, 9.17) is 21.7 Å². The predicted molar refractivity (Wildman–Crippen MR) is 62.6 cm³/mol. The lowest BCUT2D eigenvalue weighted by Crippen LogP contribution is -2.15. The van der Waals surface area contributed by atoms with Crippen LogP contribution in [0.5, 0.6) is 11.5 Å². The summed E-state index contributed by atoms with van der Waals surface area (Å²) in [5.74, 6) is 1.51. The Morgan fingerprint density at radius 3 is 2.71 bits per heavy atom. The Hall–Kier alpha value is -0.940. The van der Waals surface area contributed by atoms with E-state index >= 15 is 0 Å². The third-order valence-corrected chi connectivity index (χ3v) is 2.01. The highest BCUT2D eigenvalue weighted by atomic mass is 32.1. The molecule has 1 N–H and O–H groups in total. The molecular weight excluding hydrogens is 218 g/mol. The number of hydrogen-bond acceptors (Lipinski definition) is 3. The van der Waals surface area contributed by atoms with Crippen molar-refractivity contribution < 1.29 is 9.47 Å². The number of hydrogen-bond donors (Lipinski definition) is 2. The van der Waals surface area contributed by atoms with Gasteiger partial charge in [-0.1, -0.05) is 12.2 Å². The molecule has 1 aromatic carbocycles. The van der Waals surface area contributed by atoms with Crippen LogP contribution >= 0.6 is 24.8 Å². The Bertz CT molecular complexity index is 368. The standard InChI is InChI=1S/C9H9NO2S2/c13-9(14)10-6-1-2-7-8(5-6)12-4-3-11-7/h1-2,5H,3-4H2,(H2,10,13,14). The van der Waals surface area contributed by atoms with Gasteiger partial charge < -0.3 is 14.8 Å². The van der Waals surface area contributed by atoms with E-state index in [1.165, 1.54) is 0 Å². The van der Waals surface area contributed by atoms with E-state index in [9.17, 15) is 0 Å². The molecule has 0 bridgehead atoms. The summed E-state index contributed by atoms with van der Waals surface area (Å²) < 4.78 is 11.2. The number of fused-ring (bicyclic) bond motifs is 1. The lowest BCUT2D eigenvalue weighted by Gasteiger charge is -2.18. The predicted octanol–water partition coefficient (Wildman–Crippen LogP) is 2.08. The van der Waals surface area contributed by atoms with E-state index < -0.39 is 0 Å².